The molecule has 0 atom stereocenters. The molecular weight excluding hydrogens is 182 g/mol. The van der Waals surface area contributed by atoms with E-state index in [0.717, 1.165) is 24.3 Å². The Labute approximate surface area is 94.3 Å². The summed E-state index contributed by atoms with van der Waals surface area (Å²) in [7, 11) is 0. The molecule has 1 heteroatoms. The molecule has 0 aliphatic rings. The molecule has 0 bridgehead atoms. The molecule has 0 radical (unpaired) electrons. The molecule has 1 nitrogen and oxygen atoms in total. The third-order valence-electron chi connectivity index (χ3n) is 1.91. The lowest BCUT2D eigenvalue weighted by molar-refractivity contribution is 1.05. The van der Waals surface area contributed by atoms with E-state index in [1.807, 2.05) is 20.8 Å². The van der Waals surface area contributed by atoms with E-state index in [4.69, 9.17) is 0 Å². The third-order valence-corrected chi connectivity index (χ3v) is 1.91. The van der Waals surface area contributed by atoms with Crippen molar-refractivity contribution >= 4 is 5.71 Å². The summed E-state index contributed by atoms with van der Waals surface area (Å²) >= 11 is 0. The second kappa shape index (κ2) is 8.22. The molecule has 0 N–H and O–H groups in total. The van der Waals surface area contributed by atoms with Gasteiger partial charge in [0.15, 0.2) is 0 Å². The molecule has 0 saturated carbocycles. The van der Waals surface area contributed by atoms with Crippen LogP contribution >= 0.6 is 0 Å². The molecular formula is C14H23N. The van der Waals surface area contributed by atoms with E-state index in [9.17, 15) is 0 Å². The molecule has 0 aromatic rings. The van der Waals surface area contributed by atoms with Crippen LogP contribution in [0.3, 0.4) is 0 Å². The van der Waals surface area contributed by atoms with E-state index in [1.165, 1.54) is 5.57 Å². The van der Waals surface area contributed by atoms with Gasteiger partial charge >= 0.3 is 0 Å². The predicted octanol–water partition coefficient (Wildman–Crippen LogP) is 4.67. The zero-order chi connectivity index (χ0) is 11.7. The van der Waals surface area contributed by atoms with Gasteiger partial charge in [0, 0.05) is 11.4 Å². The first-order valence-corrected chi connectivity index (χ1v) is 5.69. The van der Waals surface area contributed by atoms with Gasteiger partial charge in [0.05, 0.1) is 0 Å². The first kappa shape index (κ1) is 13.9. The summed E-state index contributed by atoms with van der Waals surface area (Å²) in [5.41, 5.74) is 3.50. The highest BCUT2D eigenvalue weighted by Gasteiger charge is 1.97. The summed E-state index contributed by atoms with van der Waals surface area (Å²) in [6.45, 7) is 10.4. The highest BCUT2D eigenvalue weighted by atomic mass is 14.7. The van der Waals surface area contributed by atoms with Gasteiger partial charge in [-0.05, 0) is 39.2 Å². The van der Waals surface area contributed by atoms with Gasteiger partial charge in [0.2, 0.25) is 0 Å². The molecule has 0 aromatic carbocycles. The average Bonchev–Trinajstić information content (AvgIpc) is 2.20. The smallest absolute Gasteiger partial charge is 0.0472 e. The van der Waals surface area contributed by atoms with E-state index in [0.29, 0.717) is 0 Å². The Morgan fingerprint density at radius 2 is 1.80 bits per heavy atom. The number of hydrogen-bond acceptors (Lipinski definition) is 1. The summed E-state index contributed by atoms with van der Waals surface area (Å²) in [6, 6.07) is 0. The average molecular weight is 205 g/mol. The molecule has 0 unspecified atom stereocenters. The third kappa shape index (κ3) is 6.05. The number of allylic oxidation sites excluding steroid dienone is 6. The second-order valence-electron chi connectivity index (χ2n) is 3.63. The van der Waals surface area contributed by atoms with Crippen LogP contribution in [-0.2, 0) is 0 Å². The number of hydrogen-bond donors (Lipinski definition) is 0. The zero-order valence-electron chi connectivity index (χ0n) is 10.7. The van der Waals surface area contributed by atoms with Gasteiger partial charge in [-0.25, -0.2) is 0 Å². The molecule has 84 valence electrons. The standard InChI is InChI=1S/C14H23N/c1-6-9-11-13(10-7-2)14(8-3)15-12(4)5/h7,9-11H,6,8H2,1-5H3/b10-7-,11-9+,14-13-. The first-order valence-electron chi connectivity index (χ1n) is 5.69. The number of aliphatic imine (C=N–C) groups is 1. The van der Waals surface area contributed by atoms with Crippen molar-refractivity contribution < 1.29 is 0 Å². The minimum atomic E-state index is 0.971. The van der Waals surface area contributed by atoms with Crippen LogP contribution < -0.4 is 0 Å². The van der Waals surface area contributed by atoms with Gasteiger partial charge in [-0.15, -0.1) is 0 Å². The van der Waals surface area contributed by atoms with E-state index >= 15 is 0 Å². The maximum Gasteiger partial charge on any atom is 0.0472 e. The van der Waals surface area contributed by atoms with Crippen molar-refractivity contribution in [3.05, 3.63) is 35.6 Å². The van der Waals surface area contributed by atoms with Crippen molar-refractivity contribution in [1.29, 1.82) is 0 Å². The van der Waals surface area contributed by atoms with Crippen LogP contribution in [0.4, 0.5) is 0 Å². The lowest BCUT2D eigenvalue weighted by Gasteiger charge is -2.03. The summed E-state index contributed by atoms with van der Waals surface area (Å²) in [4.78, 5) is 4.56. The minimum absolute atomic E-state index is 0.971. The van der Waals surface area contributed by atoms with E-state index in [1.54, 1.807) is 0 Å². The molecule has 0 heterocycles. The predicted molar refractivity (Wildman–Crippen MR) is 70.3 cm³/mol. The molecule has 0 aliphatic heterocycles. The lowest BCUT2D eigenvalue weighted by atomic mass is 10.1. The van der Waals surface area contributed by atoms with Crippen LogP contribution in [0.25, 0.3) is 0 Å². The Morgan fingerprint density at radius 3 is 2.20 bits per heavy atom. The SMILES string of the molecule is C\C=C/C(/C=C/CC)=C(\CC)N=C(C)C. The Morgan fingerprint density at radius 1 is 1.13 bits per heavy atom. The van der Waals surface area contributed by atoms with E-state index < -0.39 is 0 Å². The van der Waals surface area contributed by atoms with Crippen LogP contribution in [0.2, 0.25) is 0 Å². The summed E-state index contributed by atoms with van der Waals surface area (Å²) < 4.78 is 0. The summed E-state index contributed by atoms with van der Waals surface area (Å²) in [5, 5.41) is 0. The molecule has 0 rings (SSSR count). The normalized spacial score (nSPS) is 13.4. The second-order valence-corrected chi connectivity index (χ2v) is 3.63. The quantitative estimate of drug-likeness (QED) is 0.456. The minimum Gasteiger partial charge on any atom is -0.262 e. The maximum atomic E-state index is 4.56. The Balaban J connectivity index is 5.17. The number of nitrogens with zero attached hydrogens (tertiary/aromatic N) is 1. The zero-order valence-corrected chi connectivity index (χ0v) is 10.7. The fourth-order valence-corrected chi connectivity index (χ4v) is 1.29. The summed E-state index contributed by atoms with van der Waals surface area (Å²) in [6.07, 6.45) is 10.5. The van der Waals surface area contributed by atoms with Crippen LogP contribution in [0, 0.1) is 0 Å². The van der Waals surface area contributed by atoms with E-state index in [-0.39, 0.29) is 0 Å². The topological polar surface area (TPSA) is 12.4 Å². The van der Waals surface area contributed by atoms with Gasteiger partial charge in [0.1, 0.15) is 0 Å². The number of rotatable bonds is 5. The van der Waals surface area contributed by atoms with Crippen molar-refractivity contribution in [1.82, 2.24) is 0 Å². The van der Waals surface area contributed by atoms with Gasteiger partial charge in [-0.1, -0.05) is 38.2 Å². The van der Waals surface area contributed by atoms with Crippen LogP contribution in [0.5, 0.6) is 0 Å². The van der Waals surface area contributed by atoms with Gasteiger partial charge in [-0.3, -0.25) is 4.99 Å². The molecule has 0 saturated heterocycles. The fourth-order valence-electron chi connectivity index (χ4n) is 1.29. The summed E-state index contributed by atoms with van der Waals surface area (Å²) in [5.74, 6) is 0. The molecule has 0 aliphatic carbocycles. The monoisotopic (exact) mass is 205 g/mol. The van der Waals surface area contributed by atoms with Gasteiger partial charge < -0.3 is 0 Å². The maximum absolute atomic E-state index is 4.56. The first-order chi connectivity index (χ1) is 7.15. The van der Waals surface area contributed by atoms with Crippen molar-refractivity contribution in [2.24, 2.45) is 4.99 Å². The van der Waals surface area contributed by atoms with Gasteiger partial charge in [-0.2, -0.15) is 0 Å². The van der Waals surface area contributed by atoms with Crippen molar-refractivity contribution in [3.63, 3.8) is 0 Å². The molecule has 0 amide bonds. The largest absolute Gasteiger partial charge is 0.262 e. The van der Waals surface area contributed by atoms with Gasteiger partial charge in [0.25, 0.3) is 0 Å². The van der Waals surface area contributed by atoms with E-state index in [2.05, 4.69) is 43.1 Å². The molecule has 0 fully saturated rings. The van der Waals surface area contributed by atoms with Crippen LogP contribution in [-0.4, -0.2) is 5.71 Å². The van der Waals surface area contributed by atoms with Crippen LogP contribution in [0.1, 0.15) is 47.5 Å². The van der Waals surface area contributed by atoms with Crippen molar-refractivity contribution in [2.75, 3.05) is 0 Å². The van der Waals surface area contributed by atoms with Crippen LogP contribution in [0.15, 0.2) is 40.6 Å². The highest BCUT2D eigenvalue weighted by molar-refractivity contribution is 5.80. The van der Waals surface area contributed by atoms with Crippen molar-refractivity contribution in [3.8, 4) is 0 Å². The van der Waals surface area contributed by atoms with Crippen molar-refractivity contribution in [2.45, 2.75) is 47.5 Å². The lowest BCUT2D eigenvalue weighted by Crippen LogP contribution is -1.88. The highest BCUT2D eigenvalue weighted by Crippen LogP contribution is 2.14. The Kier molecular flexibility index (Phi) is 7.61. The molecule has 0 aromatic heterocycles. The fraction of sp³-hybridized carbons (Fsp3) is 0.500. The Bertz CT molecular complexity index is 286. The molecule has 0 spiro atoms. The Hall–Kier alpha value is -1.11. The molecule has 15 heavy (non-hydrogen) atoms.